The number of benzene rings is 2. The number of anilines is 2. The summed E-state index contributed by atoms with van der Waals surface area (Å²) < 4.78 is 0.972. The highest BCUT2D eigenvalue weighted by Crippen LogP contribution is 2.16. The van der Waals surface area contributed by atoms with Gasteiger partial charge in [-0.15, -0.1) is 0 Å². The summed E-state index contributed by atoms with van der Waals surface area (Å²) in [5.41, 5.74) is 1.98. The van der Waals surface area contributed by atoms with Gasteiger partial charge < -0.3 is 10.6 Å². The predicted molar refractivity (Wildman–Crippen MR) is 97.1 cm³/mol. The molecule has 2 aromatic rings. The van der Waals surface area contributed by atoms with E-state index in [1.807, 2.05) is 24.3 Å². The van der Waals surface area contributed by atoms with Crippen LogP contribution in [0.3, 0.4) is 0 Å². The Balaban J connectivity index is 1.97. The van der Waals surface area contributed by atoms with Gasteiger partial charge in [0.2, 0.25) is 11.8 Å². The average Bonchev–Trinajstić information content (AvgIpc) is 2.55. The van der Waals surface area contributed by atoms with Crippen molar-refractivity contribution in [2.24, 2.45) is 0 Å². The molecule has 0 saturated heterocycles. The number of halogens is 1. The minimum absolute atomic E-state index is 0.216. The maximum atomic E-state index is 12.0. The Morgan fingerprint density at radius 1 is 1.08 bits per heavy atom. The summed E-state index contributed by atoms with van der Waals surface area (Å²) in [6, 6.07) is 16.1. The summed E-state index contributed by atoms with van der Waals surface area (Å²) >= 11 is 3.35. The SMILES string of the molecule is N#CCC(=O)Nc1cccc(NC(=O)/C=C/c2ccc(Br)cc2)c1. The van der Waals surface area contributed by atoms with E-state index in [2.05, 4.69) is 26.6 Å². The fourth-order valence-corrected chi connectivity index (χ4v) is 2.15. The summed E-state index contributed by atoms with van der Waals surface area (Å²) in [6.45, 7) is 0. The molecule has 0 spiro atoms. The van der Waals surface area contributed by atoms with Crippen LogP contribution in [0.15, 0.2) is 59.1 Å². The first kappa shape index (κ1) is 17.4. The van der Waals surface area contributed by atoms with E-state index in [0.29, 0.717) is 11.4 Å². The van der Waals surface area contributed by atoms with Crippen LogP contribution in [0.4, 0.5) is 11.4 Å². The molecule has 0 aliphatic rings. The molecule has 0 aliphatic carbocycles. The van der Waals surface area contributed by atoms with Gasteiger partial charge in [0.25, 0.3) is 0 Å². The van der Waals surface area contributed by atoms with Crippen molar-refractivity contribution in [3.8, 4) is 6.07 Å². The number of rotatable bonds is 5. The minimum atomic E-state index is -0.392. The van der Waals surface area contributed by atoms with Gasteiger partial charge in [-0.3, -0.25) is 9.59 Å². The number of nitrogens with one attached hydrogen (secondary N) is 2. The highest BCUT2D eigenvalue weighted by atomic mass is 79.9. The fraction of sp³-hybridized carbons (Fsp3) is 0.0556. The second kappa shape index (κ2) is 8.65. The van der Waals surface area contributed by atoms with Crippen LogP contribution in [0.2, 0.25) is 0 Å². The molecule has 5 nitrogen and oxygen atoms in total. The van der Waals surface area contributed by atoms with Crippen LogP contribution < -0.4 is 10.6 Å². The van der Waals surface area contributed by atoms with E-state index < -0.39 is 5.91 Å². The van der Waals surface area contributed by atoms with Gasteiger partial charge in [0.15, 0.2) is 0 Å². The largest absolute Gasteiger partial charge is 0.325 e. The van der Waals surface area contributed by atoms with Gasteiger partial charge in [0.1, 0.15) is 6.42 Å². The van der Waals surface area contributed by atoms with Crippen LogP contribution in [0.25, 0.3) is 6.08 Å². The third-order valence-corrected chi connectivity index (χ3v) is 3.48. The van der Waals surface area contributed by atoms with E-state index >= 15 is 0 Å². The quantitative estimate of drug-likeness (QED) is 0.766. The summed E-state index contributed by atoms with van der Waals surface area (Å²) in [7, 11) is 0. The van der Waals surface area contributed by atoms with Crippen molar-refractivity contribution in [3.63, 3.8) is 0 Å². The van der Waals surface area contributed by atoms with Gasteiger partial charge in [-0.2, -0.15) is 5.26 Å². The van der Waals surface area contributed by atoms with E-state index in [4.69, 9.17) is 5.26 Å². The molecule has 2 aromatic carbocycles. The zero-order valence-corrected chi connectivity index (χ0v) is 14.2. The molecule has 0 bridgehead atoms. The lowest BCUT2D eigenvalue weighted by Gasteiger charge is -2.06. The third kappa shape index (κ3) is 5.71. The van der Waals surface area contributed by atoms with Gasteiger partial charge in [0.05, 0.1) is 6.07 Å². The smallest absolute Gasteiger partial charge is 0.248 e. The summed E-state index contributed by atoms with van der Waals surface area (Å²) in [4.78, 5) is 23.3. The van der Waals surface area contributed by atoms with Crippen LogP contribution in [0.1, 0.15) is 12.0 Å². The molecule has 0 saturated carbocycles. The first-order valence-corrected chi connectivity index (χ1v) is 7.87. The number of nitriles is 1. The first-order valence-electron chi connectivity index (χ1n) is 7.08. The number of hydrogen-bond acceptors (Lipinski definition) is 3. The maximum Gasteiger partial charge on any atom is 0.248 e. The molecular formula is C18H14BrN3O2. The van der Waals surface area contributed by atoms with Crippen LogP contribution in [0.5, 0.6) is 0 Å². The average molecular weight is 384 g/mol. The molecule has 0 fully saturated rings. The standard InChI is InChI=1S/C18H14BrN3O2/c19-14-7-4-13(5-8-14)6-9-17(23)21-15-2-1-3-16(12-15)22-18(24)10-11-20/h1-9,12H,10H2,(H,21,23)(H,22,24)/b9-6+. The monoisotopic (exact) mass is 383 g/mol. The molecule has 0 aliphatic heterocycles. The molecule has 0 heterocycles. The van der Waals surface area contributed by atoms with E-state index in [0.717, 1.165) is 10.0 Å². The Kier molecular flexibility index (Phi) is 6.29. The molecule has 0 unspecified atom stereocenters. The number of nitrogens with zero attached hydrogens (tertiary/aromatic N) is 1. The molecule has 2 amide bonds. The lowest BCUT2D eigenvalue weighted by atomic mass is 10.2. The van der Waals surface area contributed by atoms with E-state index in [1.54, 1.807) is 36.4 Å². The molecule has 0 radical (unpaired) electrons. The van der Waals surface area contributed by atoms with Gasteiger partial charge in [0, 0.05) is 21.9 Å². The Morgan fingerprint density at radius 3 is 2.42 bits per heavy atom. The van der Waals surface area contributed by atoms with Crippen LogP contribution in [-0.2, 0) is 9.59 Å². The van der Waals surface area contributed by atoms with Crippen molar-refractivity contribution in [2.75, 3.05) is 10.6 Å². The molecule has 2 rings (SSSR count). The van der Waals surface area contributed by atoms with Crippen molar-refractivity contribution in [3.05, 3.63) is 64.6 Å². The maximum absolute atomic E-state index is 12.0. The van der Waals surface area contributed by atoms with Crippen molar-refractivity contribution < 1.29 is 9.59 Å². The van der Waals surface area contributed by atoms with E-state index in [-0.39, 0.29) is 12.3 Å². The highest BCUT2D eigenvalue weighted by Gasteiger charge is 2.03. The predicted octanol–water partition coefficient (Wildman–Crippen LogP) is 3.95. The second-order valence-electron chi connectivity index (χ2n) is 4.84. The lowest BCUT2D eigenvalue weighted by Crippen LogP contribution is -2.11. The molecular weight excluding hydrogens is 370 g/mol. The molecule has 120 valence electrons. The normalized spacial score (nSPS) is 10.2. The Morgan fingerprint density at radius 2 is 1.75 bits per heavy atom. The summed E-state index contributed by atoms with van der Waals surface area (Å²) in [6.07, 6.45) is 2.93. The zero-order valence-electron chi connectivity index (χ0n) is 12.6. The summed E-state index contributed by atoms with van der Waals surface area (Å²) in [5, 5.41) is 13.8. The van der Waals surface area contributed by atoms with Crippen molar-refractivity contribution >= 4 is 45.2 Å². The highest BCUT2D eigenvalue weighted by molar-refractivity contribution is 9.10. The van der Waals surface area contributed by atoms with Crippen molar-refractivity contribution in [1.82, 2.24) is 0 Å². The Labute approximate surface area is 148 Å². The van der Waals surface area contributed by atoms with Gasteiger partial charge >= 0.3 is 0 Å². The molecule has 2 N–H and O–H groups in total. The topological polar surface area (TPSA) is 82.0 Å². The van der Waals surface area contributed by atoms with Gasteiger partial charge in [-0.05, 0) is 42.0 Å². The number of carbonyl (C=O) groups excluding carboxylic acids is 2. The third-order valence-electron chi connectivity index (χ3n) is 2.95. The van der Waals surface area contributed by atoms with E-state index in [9.17, 15) is 9.59 Å². The van der Waals surface area contributed by atoms with Gasteiger partial charge in [-0.1, -0.05) is 34.1 Å². The number of carbonyl (C=O) groups is 2. The van der Waals surface area contributed by atoms with E-state index in [1.165, 1.54) is 6.08 Å². The molecule has 0 aromatic heterocycles. The van der Waals surface area contributed by atoms with Crippen molar-refractivity contribution in [2.45, 2.75) is 6.42 Å². The van der Waals surface area contributed by atoms with Crippen molar-refractivity contribution in [1.29, 1.82) is 5.26 Å². The molecule has 0 atom stereocenters. The zero-order chi connectivity index (χ0) is 17.4. The number of amides is 2. The van der Waals surface area contributed by atoms with Crippen LogP contribution in [0, 0.1) is 11.3 Å². The number of hydrogen-bond donors (Lipinski definition) is 2. The fourth-order valence-electron chi connectivity index (χ4n) is 1.88. The van der Waals surface area contributed by atoms with Crippen LogP contribution >= 0.6 is 15.9 Å². The first-order chi connectivity index (χ1) is 11.6. The lowest BCUT2D eigenvalue weighted by molar-refractivity contribution is -0.115. The van der Waals surface area contributed by atoms with Crippen LogP contribution in [-0.4, -0.2) is 11.8 Å². The Hall–Kier alpha value is -2.91. The Bertz CT molecular complexity index is 808. The minimum Gasteiger partial charge on any atom is -0.325 e. The molecule has 6 heteroatoms. The summed E-state index contributed by atoms with van der Waals surface area (Å²) in [5.74, 6) is -0.672. The van der Waals surface area contributed by atoms with Gasteiger partial charge in [-0.25, -0.2) is 0 Å². The second-order valence-corrected chi connectivity index (χ2v) is 5.75. The molecule has 24 heavy (non-hydrogen) atoms.